The molecule has 1 aliphatic rings. The van der Waals surface area contributed by atoms with Gasteiger partial charge in [0.1, 0.15) is 5.75 Å². The molecule has 3 aromatic carbocycles. The fraction of sp³-hybridized carbons (Fsp3) is 0.0500. The zero-order valence-corrected chi connectivity index (χ0v) is 13.6. The Morgan fingerprint density at radius 2 is 1.69 bits per heavy atom. The molecular weight excluding hydrogens is 332 g/mol. The molecule has 0 spiro atoms. The molecule has 0 atom stereocenters. The van der Waals surface area contributed by atoms with Gasteiger partial charge in [-0.05, 0) is 29.7 Å². The van der Waals surface area contributed by atoms with Gasteiger partial charge in [-0.15, -0.1) is 0 Å². The van der Waals surface area contributed by atoms with Gasteiger partial charge in [0.15, 0.2) is 6.61 Å². The lowest BCUT2D eigenvalue weighted by atomic mass is 10.1. The molecule has 2 N–H and O–H groups in total. The molecule has 3 amide bonds. The number of ether oxygens (including phenoxy) is 1. The third-order valence-corrected chi connectivity index (χ3v) is 4.13. The molecule has 0 saturated carbocycles. The van der Waals surface area contributed by atoms with Crippen LogP contribution in [0, 0.1) is 0 Å². The summed E-state index contributed by atoms with van der Waals surface area (Å²) >= 11 is 0. The molecule has 0 saturated heterocycles. The normalized spacial score (nSPS) is 12.6. The summed E-state index contributed by atoms with van der Waals surface area (Å²) in [6.07, 6.45) is 0. The van der Waals surface area contributed by atoms with Crippen molar-refractivity contribution in [3.05, 3.63) is 71.8 Å². The van der Waals surface area contributed by atoms with E-state index in [4.69, 9.17) is 4.74 Å². The molecule has 0 bridgehead atoms. The van der Waals surface area contributed by atoms with Crippen molar-refractivity contribution in [3.8, 4) is 5.75 Å². The van der Waals surface area contributed by atoms with E-state index in [1.54, 1.807) is 12.1 Å². The zero-order chi connectivity index (χ0) is 18.1. The Hall–Kier alpha value is -3.67. The zero-order valence-electron chi connectivity index (χ0n) is 13.6. The highest BCUT2D eigenvalue weighted by atomic mass is 16.5. The van der Waals surface area contributed by atoms with Crippen LogP contribution in [0.2, 0.25) is 0 Å². The first-order chi connectivity index (χ1) is 12.6. The Morgan fingerprint density at radius 1 is 0.923 bits per heavy atom. The minimum absolute atomic E-state index is 0.170. The SMILES string of the molecule is O=C(COc1cccc2ccccc12)Nc1ccc2c(c1)C(=O)NC2=O. The number of carbonyl (C=O) groups excluding carboxylic acids is 3. The van der Waals surface area contributed by atoms with Crippen LogP contribution in [0.5, 0.6) is 5.75 Å². The fourth-order valence-electron chi connectivity index (χ4n) is 2.91. The topological polar surface area (TPSA) is 84.5 Å². The van der Waals surface area contributed by atoms with Crippen molar-refractivity contribution in [2.75, 3.05) is 11.9 Å². The molecule has 0 fully saturated rings. The number of nitrogens with one attached hydrogen (secondary N) is 2. The van der Waals surface area contributed by atoms with Crippen molar-refractivity contribution >= 4 is 34.2 Å². The van der Waals surface area contributed by atoms with Crippen molar-refractivity contribution in [2.24, 2.45) is 0 Å². The number of fused-ring (bicyclic) bond motifs is 2. The van der Waals surface area contributed by atoms with Crippen LogP contribution >= 0.6 is 0 Å². The molecule has 6 nitrogen and oxygen atoms in total. The maximum atomic E-state index is 12.2. The largest absolute Gasteiger partial charge is 0.483 e. The van der Waals surface area contributed by atoms with Crippen LogP contribution in [0.1, 0.15) is 20.7 Å². The van der Waals surface area contributed by atoms with Crippen LogP contribution in [0.15, 0.2) is 60.7 Å². The number of hydrogen-bond acceptors (Lipinski definition) is 4. The maximum Gasteiger partial charge on any atom is 0.262 e. The molecule has 0 aromatic heterocycles. The summed E-state index contributed by atoms with van der Waals surface area (Å²) in [6, 6.07) is 18.0. The van der Waals surface area contributed by atoms with Gasteiger partial charge in [0.05, 0.1) is 11.1 Å². The lowest BCUT2D eigenvalue weighted by Gasteiger charge is -2.10. The Bertz CT molecular complexity index is 1050. The van der Waals surface area contributed by atoms with E-state index in [2.05, 4.69) is 10.6 Å². The average molecular weight is 346 g/mol. The van der Waals surface area contributed by atoms with Crippen LogP contribution in [0.4, 0.5) is 5.69 Å². The van der Waals surface area contributed by atoms with Gasteiger partial charge in [0, 0.05) is 11.1 Å². The number of benzene rings is 3. The highest BCUT2D eigenvalue weighted by molar-refractivity contribution is 6.22. The van der Waals surface area contributed by atoms with E-state index in [1.807, 2.05) is 36.4 Å². The molecule has 3 aromatic rings. The Morgan fingerprint density at radius 3 is 2.58 bits per heavy atom. The molecule has 0 unspecified atom stereocenters. The lowest BCUT2D eigenvalue weighted by Crippen LogP contribution is -2.20. The number of carbonyl (C=O) groups is 3. The van der Waals surface area contributed by atoms with Gasteiger partial charge < -0.3 is 10.1 Å². The smallest absolute Gasteiger partial charge is 0.262 e. The van der Waals surface area contributed by atoms with Gasteiger partial charge in [-0.25, -0.2) is 0 Å². The minimum atomic E-state index is -0.465. The van der Waals surface area contributed by atoms with Crippen LogP contribution < -0.4 is 15.4 Å². The van der Waals surface area contributed by atoms with E-state index >= 15 is 0 Å². The molecular formula is C20H14N2O4. The van der Waals surface area contributed by atoms with Crippen molar-refractivity contribution in [1.82, 2.24) is 5.32 Å². The van der Waals surface area contributed by atoms with E-state index in [-0.39, 0.29) is 18.1 Å². The number of anilines is 1. The third-order valence-electron chi connectivity index (χ3n) is 4.13. The van der Waals surface area contributed by atoms with Gasteiger partial charge in [-0.2, -0.15) is 0 Å². The monoisotopic (exact) mass is 346 g/mol. The molecule has 0 radical (unpaired) electrons. The molecule has 26 heavy (non-hydrogen) atoms. The van der Waals surface area contributed by atoms with Crippen molar-refractivity contribution in [2.45, 2.75) is 0 Å². The predicted molar refractivity (Wildman–Crippen MR) is 96.3 cm³/mol. The predicted octanol–water partition coefficient (Wildman–Crippen LogP) is 2.74. The van der Waals surface area contributed by atoms with E-state index in [1.165, 1.54) is 12.1 Å². The lowest BCUT2D eigenvalue weighted by molar-refractivity contribution is -0.118. The first kappa shape index (κ1) is 15.8. The van der Waals surface area contributed by atoms with Gasteiger partial charge >= 0.3 is 0 Å². The molecule has 6 heteroatoms. The number of rotatable bonds is 4. The number of amides is 3. The van der Waals surface area contributed by atoms with Gasteiger partial charge in [-0.3, -0.25) is 19.7 Å². The van der Waals surface area contributed by atoms with E-state index in [9.17, 15) is 14.4 Å². The summed E-state index contributed by atoms with van der Waals surface area (Å²) in [5.41, 5.74) is 0.989. The second-order valence-corrected chi connectivity index (χ2v) is 5.86. The Kier molecular flexibility index (Phi) is 3.85. The molecule has 1 aliphatic heterocycles. The molecule has 4 rings (SSSR count). The number of hydrogen-bond donors (Lipinski definition) is 2. The van der Waals surface area contributed by atoms with Gasteiger partial charge in [0.25, 0.3) is 17.7 Å². The van der Waals surface area contributed by atoms with Crippen LogP contribution in [0.25, 0.3) is 10.8 Å². The minimum Gasteiger partial charge on any atom is -0.483 e. The first-order valence-electron chi connectivity index (χ1n) is 8.02. The van der Waals surface area contributed by atoms with Crippen molar-refractivity contribution in [3.63, 3.8) is 0 Å². The fourth-order valence-corrected chi connectivity index (χ4v) is 2.91. The Labute approximate surface area is 148 Å². The van der Waals surface area contributed by atoms with Gasteiger partial charge in [0.2, 0.25) is 0 Å². The molecule has 1 heterocycles. The highest BCUT2D eigenvalue weighted by Crippen LogP contribution is 2.25. The second kappa shape index (κ2) is 6.33. The molecule has 128 valence electrons. The maximum absolute atomic E-state index is 12.2. The average Bonchev–Trinajstić information content (AvgIpc) is 2.93. The highest BCUT2D eigenvalue weighted by Gasteiger charge is 2.26. The van der Waals surface area contributed by atoms with Crippen LogP contribution in [-0.4, -0.2) is 24.3 Å². The summed E-state index contributed by atoms with van der Waals surface area (Å²) in [5.74, 6) is -0.630. The summed E-state index contributed by atoms with van der Waals surface area (Å²) in [5, 5.41) is 6.84. The van der Waals surface area contributed by atoms with Gasteiger partial charge in [-0.1, -0.05) is 36.4 Å². The summed E-state index contributed by atoms with van der Waals surface area (Å²) < 4.78 is 5.64. The Balaban J connectivity index is 1.46. The van der Waals surface area contributed by atoms with Crippen molar-refractivity contribution in [1.29, 1.82) is 0 Å². The van der Waals surface area contributed by atoms with E-state index < -0.39 is 11.8 Å². The summed E-state index contributed by atoms with van der Waals surface area (Å²) in [7, 11) is 0. The molecule has 0 aliphatic carbocycles. The number of imide groups is 1. The van der Waals surface area contributed by atoms with E-state index in [0.717, 1.165) is 10.8 Å². The summed E-state index contributed by atoms with van der Waals surface area (Å²) in [6.45, 7) is -0.170. The van der Waals surface area contributed by atoms with Crippen LogP contribution in [-0.2, 0) is 4.79 Å². The van der Waals surface area contributed by atoms with E-state index in [0.29, 0.717) is 17.0 Å². The summed E-state index contributed by atoms with van der Waals surface area (Å²) in [4.78, 5) is 35.4. The van der Waals surface area contributed by atoms with Crippen molar-refractivity contribution < 1.29 is 19.1 Å². The second-order valence-electron chi connectivity index (χ2n) is 5.86. The van der Waals surface area contributed by atoms with Crippen LogP contribution in [0.3, 0.4) is 0 Å². The quantitative estimate of drug-likeness (QED) is 0.712. The third kappa shape index (κ3) is 2.88. The standard InChI is InChI=1S/C20H14N2O4/c23-18(11-26-17-7-3-5-12-4-1-2-6-14(12)17)21-13-8-9-15-16(10-13)20(25)22-19(15)24/h1-10H,11H2,(H,21,23)(H,22,24,25). The first-order valence-corrected chi connectivity index (χ1v) is 8.02.